The first kappa shape index (κ1) is 13.0. The molecule has 3 nitrogen and oxygen atoms in total. The SMILES string of the molecule is C=CCc1cc(N=Nc2ccc(C)cc2)ccc1O. The Morgan fingerprint density at radius 2 is 1.68 bits per heavy atom. The van der Waals surface area contributed by atoms with Crippen molar-refractivity contribution in [1.82, 2.24) is 0 Å². The fraction of sp³-hybridized carbons (Fsp3) is 0.125. The van der Waals surface area contributed by atoms with Crippen LogP contribution in [0.1, 0.15) is 11.1 Å². The number of nitrogens with zero attached hydrogens (tertiary/aromatic N) is 2. The van der Waals surface area contributed by atoms with Gasteiger partial charge in [-0.15, -0.1) is 6.58 Å². The third-order valence-corrected chi connectivity index (χ3v) is 2.74. The maximum Gasteiger partial charge on any atom is 0.119 e. The second kappa shape index (κ2) is 5.96. The summed E-state index contributed by atoms with van der Waals surface area (Å²) < 4.78 is 0. The lowest BCUT2D eigenvalue weighted by Crippen LogP contribution is -1.81. The molecule has 2 aromatic rings. The fourth-order valence-electron chi connectivity index (χ4n) is 1.68. The molecule has 0 bridgehead atoms. The summed E-state index contributed by atoms with van der Waals surface area (Å²) in [5, 5.41) is 18.0. The Balaban J connectivity index is 2.20. The van der Waals surface area contributed by atoms with Gasteiger partial charge < -0.3 is 5.11 Å². The van der Waals surface area contributed by atoms with Gasteiger partial charge in [-0.1, -0.05) is 23.8 Å². The zero-order valence-corrected chi connectivity index (χ0v) is 10.9. The van der Waals surface area contributed by atoms with Crippen LogP contribution in [0.15, 0.2) is 65.3 Å². The topological polar surface area (TPSA) is 45.0 Å². The Kier molecular flexibility index (Phi) is 4.08. The van der Waals surface area contributed by atoms with Crippen LogP contribution in [-0.2, 0) is 6.42 Å². The second-order valence-corrected chi connectivity index (χ2v) is 4.34. The summed E-state index contributed by atoms with van der Waals surface area (Å²) in [5.74, 6) is 0.259. The molecule has 0 atom stereocenters. The first-order valence-corrected chi connectivity index (χ1v) is 6.10. The third kappa shape index (κ3) is 3.52. The number of rotatable bonds is 4. The highest BCUT2D eigenvalue weighted by atomic mass is 16.3. The number of hydrogen-bond donors (Lipinski definition) is 1. The monoisotopic (exact) mass is 252 g/mol. The Labute approximate surface area is 112 Å². The molecule has 0 amide bonds. The molecule has 2 rings (SSSR count). The predicted octanol–water partition coefficient (Wildman–Crippen LogP) is 4.84. The van der Waals surface area contributed by atoms with Gasteiger partial charge in [0.05, 0.1) is 11.4 Å². The fourth-order valence-corrected chi connectivity index (χ4v) is 1.68. The summed E-state index contributed by atoms with van der Waals surface area (Å²) in [6.07, 6.45) is 2.36. The minimum atomic E-state index is 0.259. The van der Waals surface area contributed by atoms with E-state index in [1.807, 2.05) is 37.3 Å². The van der Waals surface area contributed by atoms with Crippen LogP contribution < -0.4 is 0 Å². The van der Waals surface area contributed by atoms with E-state index in [-0.39, 0.29) is 5.75 Å². The van der Waals surface area contributed by atoms with Gasteiger partial charge in [0.1, 0.15) is 5.75 Å². The highest BCUT2D eigenvalue weighted by molar-refractivity contribution is 5.48. The van der Waals surface area contributed by atoms with Crippen molar-refractivity contribution in [2.24, 2.45) is 10.2 Å². The van der Waals surface area contributed by atoms with Crippen molar-refractivity contribution >= 4 is 11.4 Å². The third-order valence-electron chi connectivity index (χ3n) is 2.74. The normalized spacial score (nSPS) is 10.8. The average Bonchev–Trinajstić information content (AvgIpc) is 2.42. The van der Waals surface area contributed by atoms with Gasteiger partial charge in [-0.25, -0.2) is 0 Å². The molecule has 96 valence electrons. The van der Waals surface area contributed by atoms with E-state index in [1.165, 1.54) is 5.56 Å². The molecule has 0 radical (unpaired) electrons. The summed E-state index contributed by atoms with van der Waals surface area (Å²) in [6.45, 7) is 5.69. The van der Waals surface area contributed by atoms with E-state index in [4.69, 9.17) is 0 Å². The standard InChI is InChI=1S/C16H16N2O/c1-3-4-13-11-15(9-10-16(13)19)18-17-14-7-5-12(2)6-8-14/h3,5-11,19H,1,4H2,2H3. The van der Waals surface area contributed by atoms with Crippen LogP contribution in [0.5, 0.6) is 5.75 Å². The Morgan fingerprint density at radius 1 is 1.05 bits per heavy atom. The zero-order valence-electron chi connectivity index (χ0n) is 10.9. The lowest BCUT2D eigenvalue weighted by atomic mass is 10.1. The number of hydrogen-bond acceptors (Lipinski definition) is 3. The van der Waals surface area contributed by atoms with Crippen molar-refractivity contribution in [2.75, 3.05) is 0 Å². The lowest BCUT2D eigenvalue weighted by molar-refractivity contribution is 0.470. The number of benzene rings is 2. The van der Waals surface area contributed by atoms with Gasteiger partial charge in [-0.3, -0.25) is 0 Å². The van der Waals surface area contributed by atoms with Gasteiger partial charge in [0.2, 0.25) is 0 Å². The van der Waals surface area contributed by atoms with Crippen molar-refractivity contribution in [3.8, 4) is 5.75 Å². The molecule has 0 saturated heterocycles. The van der Waals surface area contributed by atoms with Crippen molar-refractivity contribution in [2.45, 2.75) is 13.3 Å². The molecule has 1 N–H and O–H groups in total. The molecule has 0 unspecified atom stereocenters. The molecule has 0 saturated carbocycles. The van der Waals surface area contributed by atoms with E-state index in [1.54, 1.807) is 18.2 Å². The molecule has 19 heavy (non-hydrogen) atoms. The number of aryl methyl sites for hydroxylation is 1. The molecule has 3 heteroatoms. The number of allylic oxidation sites excluding steroid dienone is 1. The highest BCUT2D eigenvalue weighted by Crippen LogP contribution is 2.25. The molecule has 0 aromatic heterocycles. The molecular weight excluding hydrogens is 236 g/mol. The molecule has 2 aromatic carbocycles. The summed E-state index contributed by atoms with van der Waals surface area (Å²) in [6, 6.07) is 13.0. The Bertz CT molecular complexity index is 601. The number of phenols is 1. The van der Waals surface area contributed by atoms with E-state index >= 15 is 0 Å². The maximum atomic E-state index is 9.66. The quantitative estimate of drug-likeness (QED) is 0.613. The molecule has 0 fully saturated rings. The average molecular weight is 252 g/mol. The van der Waals surface area contributed by atoms with Crippen LogP contribution in [0, 0.1) is 6.92 Å². The number of azo groups is 1. The molecule has 0 spiro atoms. The van der Waals surface area contributed by atoms with Gasteiger partial charge in [0.25, 0.3) is 0 Å². The van der Waals surface area contributed by atoms with Crippen molar-refractivity contribution in [1.29, 1.82) is 0 Å². The van der Waals surface area contributed by atoms with Crippen LogP contribution >= 0.6 is 0 Å². The number of aromatic hydroxyl groups is 1. The van der Waals surface area contributed by atoms with Crippen LogP contribution in [0.25, 0.3) is 0 Å². The zero-order chi connectivity index (χ0) is 13.7. The maximum absolute atomic E-state index is 9.66. The molecule has 0 aliphatic carbocycles. The van der Waals surface area contributed by atoms with Gasteiger partial charge in [-0.05, 0) is 49.2 Å². The molecule has 0 heterocycles. The van der Waals surface area contributed by atoms with Crippen molar-refractivity contribution in [3.63, 3.8) is 0 Å². The molecular formula is C16H16N2O. The van der Waals surface area contributed by atoms with Crippen LogP contribution in [-0.4, -0.2) is 5.11 Å². The number of phenolic OH excluding ortho intramolecular Hbond substituents is 1. The van der Waals surface area contributed by atoms with Gasteiger partial charge >= 0.3 is 0 Å². The summed E-state index contributed by atoms with van der Waals surface area (Å²) in [4.78, 5) is 0. The first-order chi connectivity index (χ1) is 9.19. The summed E-state index contributed by atoms with van der Waals surface area (Å²) in [5.41, 5.74) is 3.52. The summed E-state index contributed by atoms with van der Waals surface area (Å²) in [7, 11) is 0. The molecule has 0 aliphatic rings. The smallest absolute Gasteiger partial charge is 0.119 e. The van der Waals surface area contributed by atoms with E-state index in [2.05, 4.69) is 16.8 Å². The van der Waals surface area contributed by atoms with Crippen LogP contribution in [0.3, 0.4) is 0 Å². The van der Waals surface area contributed by atoms with Crippen LogP contribution in [0.4, 0.5) is 11.4 Å². The molecule has 0 aliphatic heterocycles. The van der Waals surface area contributed by atoms with E-state index in [9.17, 15) is 5.11 Å². The predicted molar refractivity (Wildman–Crippen MR) is 77.4 cm³/mol. The largest absolute Gasteiger partial charge is 0.508 e. The summed E-state index contributed by atoms with van der Waals surface area (Å²) >= 11 is 0. The first-order valence-electron chi connectivity index (χ1n) is 6.10. The second-order valence-electron chi connectivity index (χ2n) is 4.34. The van der Waals surface area contributed by atoms with Crippen molar-refractivity contribution < 1.29 is 5.11 Å². The minimum absolute atomic E-state index is 0.259. The minimum Gasteiger partial charge on any atom is -0.508 e. The Morgan fingerprint density at radius 3 is 2.37 bits per heavy atom. The lowest BCUT2D eigenvalue weighted by Gasteiger charge is -2.02. The van der Waals surface area contributed by atoms with E-state index < -0.39 is 0 Å². The van der Waals surface area contributed by atoms with Gasteiger partial charge in [0, 0.05) is 0 Å². The van der Waals surface area contributed by atoms with Gasteiger partial charge in [-0.2, -0.15) is 10.2 Å². The van der Waals surface area contributed by atoms with E-state index in [0.717, 1.165) is 16.9 Å². The van der Waals surface area contributed by atoms with Crippen molar-refractivity contribution in [3.05, 3.63) is 66.2 Å². The van der Waals surface area contributed by atoms with Gasteiger partial charge in [0.15, 0.2) is 0 Å². The van der Waals surface area contributed by atoms with E-state index in [0.29, 0.717) is 6.42 Å². The Hall–Kier alpha value is -2.42. The van der Waals surface area contributed by atoms with Crippen LogP contribution in [0.2, 0.25) is 0 Å². The highest BCUT2D eigenvalue weighted by Gasteiger charge is 2.00.